The van der Waals surface area contributed by atoms with E-state index in [1.807, 2.05) is 0 Å². The van der Waals surface area contributed by atoms with Crippen LogP contribution in [0.15, 0.2) is 0 Å². The summed E-state index contributed by atoms with van der Waals surface area (Å²) in [5.41, 5.74) is 5.86. The van der Waals surface area contributed by atoms with Crippen molar-refractivity contribution in [1.82, 2.24) is 10.2 Å². The second-order valence-corrected chi connectivity index (χ2v) is 5.96. The molecular weight excluding hydrogens is 293 g/mol. The van der Waals surface area contributed by atoms with Gasteiger partial charge in [-0.05, 0) is 18.8 Å². The van der Waals surface area contributed by atoms with Crippen molar-refractivity contribution < 1.29 is 18.0 Å². The minimum Gasteiger partial charge on any atom is -0.327 e. The van der Waals surface area contributed by atoms with Crippen LogP contribution >= 0.6 is 11.3 Å². The Balaban J connectivity index is 1.85. The van der Waals surface area contributed by atoms with Crippen LogP contribution in [0.1, 0.15) is 30.7 Å². The van der Waals surface area contributed by atoms with Crippen molar-refractivity contribution in [2.45, 2.75) is 44.3 Å². The molecule has 0 unspecified atom stereocenters. The molecule has 1 amide bonds. The molecule has 0 aliphatic heterocycles. The monoisotopic (exact) mass is 308 g/mol. The van der Waals surface area contributed by atoms with E-state index in [0.29, 0.717) is 0 Å². The molecule has 2 rings (SSSR count). The topological polar surface area (TPSA) is 80.9 Å². The highest BCUT2D eigenvalue weighted by atomic mass is 32.1. The Bertz CT molecular complexity index is 476. The molecule has 1 saturated carbocycles. The Kier molecular flexibility index (Phi) is 4.59. The van der Waals surface area contributed by atoms with Gasteiger partial charge >= 0.3 is 6.18 Å². The van der Waals surface area contributed by atoms with E-state index >= 15 is 0 Å². The summed E-state index contributed by atoms with van der Waals surface area (Å²) >= 11 is 0.741. The highest BCUT2D eigenvalue weighted by Crippen LogP contribution is 2.28. The van der Waals surface area contributed by atoms with Crippen molar-refractivity contribution in [3.8, 4) is 0 Å². The Morgan fingerprint density at radius 1 is 1.40 bits per heavy atom. The molecule has 112 valence electrons. The average Bonchev–Trinajstić information content (AvgIpc) is 2.87. The molecule has 0 bridgehead atoms. The lowest BCUT2D eigenvalue weighted by Gasteiger charge is -2.13. The van der Waals surface area contributed by atoms with Gasteiger partial charge in [0.2, 0.25) is 11.0 Å². The first-order valence-corrected chi connectivity index (χ1v) is 7.10. The normalized spacial score (nSPS) is 23.0. The standard InChI is InChI=1S/C11H15F3N4OS/c12-11(13,14)5-9-17-18-10(20-9)16-8(19)4-6-2-1-3-7(6)15/h6-7H,1-5,15H2,(H,16,18,19)/t6-,7+/m0/s1. The number of alkyl halides is 3. The van der Waals surface area contributed by atoms with Gasteiger partial charge in [0.15, 0.2) is 0 Å². The summed E-state index contributed by atoms with van der Waals surface area (Å²) in [6, 6.07) is 0.0240. The number of aromatic nitrogens is 2. The van der Waals surface area contributed by atoms with E-state index in [9.17, 15) is 18.0 Å². The Morgan fingerprint density at radius 3 is 2.75 bits per heavy atom. The highest BCUT2D eigenvalue weighted by molar-refractivity contribution is 7.15. The molecule has 1 aromatic rings. The fourth-order valence-corrected chi connectivity index (χ4v) is 3.06. The van der Waals surface area contributed by atoms with Crippen LogP contribution in [-0.4, -0.2) is 28.3 Å². The van der Waals surface area contributed by atoms with Gasteiger partial charge in [-0.15, -0.1) is 10.2 Å². The van der Waals surface area contributed by atoms with E-state index in [1.54, 1.807) is 0 Å². The molecule has 0 radical (unpaired) electrons. The molecule has 0 spiro atoms. The number of hydrogen-bond donors (Lipinski definition) is 2. The van der Waals surface area contributed by atoms with Gasteiger partial charge in [0.1, 0.15) is 5.01 Å². The van der Waals surface area contributed by atoms with Gasteiger partial charge < -0.3 is 11.1 Å². The van der Waals surface area contributed by atoms with Crippen molar-refractivity contribution in [3.05, 3.63) is 5.01 Å². The van der Waals surface area contributed by atoms with Gasteiger partial charge in [-0.2, -0.15) is 13.2 Å². The first kappa shape index (κ1) is 15.2. The zero-order valence-electron chi connectivity index (χ0n) is 10.6. The molecule has 20 heavy (non-hydrogen) atoms. The third kappa shape index (κ3) is 4.41. The molecule has 1 fully saturated rings. The average molecular weight is 308 g/mol. The number of amides is 1. The van der Waals surface area contributed by atoms with Crippen LogP contribution in [0, 0.1) is 5.92 Å². The third-order valence-corrected chi connectivity index (χ3v) is 4.07. The van der Waals surface area contributed by atoms with E-state index in [4.69, 9.17) is 5.73 Å². The van der Waals surface area contributed by atoms with E-state index in [0.717, 1.165) is 30.6 Å². The first-order chi connectivity index (χ1) is 9.33. The van der Waals surface area contributed by atoms with Crippen LogP contribution in [0.2, 0.25) is 0 Å². The molecule has 1 aliphatic carbocycles. The summed E-state index contributed by atoms with van der Waals surface area (Å²) in [6.07, 6.45) is -2.36. The Hall–Kier alpha value is -1.22. The predicted molar refractivity (Wildman–Crippen MR) is 68.2 cm³/mol. The zero-order valence-corrected chi connectivity index (χ0v) is 11.4. The second kappa shape index (κ2) is 6.04. The van der Waals surface area contributed by atoms with Crippen LogP contribution in [0.4, 0.5) is 18.3 Å². The molecular formula is C11H15F3N4OS. The Morgan fingerprint density at radius 2 is 2.15 bits per heavy atom. The second-order valence-electron chi connectivity index (χ2n) is 4.90. The third-order valence-electron chi connectivity index (χ3n) is 3.23. The number of halogens is 3. The predicted octanol–water partition coefficient (Wildman–Crippen LogP) is 2.10. The number of carbonyl (C=O) groups is 1. The summed E-state index contributed by atoms with van der Waals surface area (Å²) < 4.78 is 36.5. The van der Waals surface area contributed by atoms with Crippen LogP contribution in [0.3, 0.4) is 0 Å². The quantitative estimate of drug-likeness (QED) is 0.892. The molecule has 5 nitrogen and oxygen atoms in total. The van der Waals surface area contributed by atoms with Crippen molar-refractivity contribution in [2.24, 2.45) is 11.7 Å². The molecule has 0 aromatic carbocycles. The number of rotatable bonds is 4. The molecule has 1 aliphatic rings. The fraction of sp³-hybridized carbons (Fsp3) is 0.727. The van der Waals surface area contributed by atoms with Crippen LogP contribution in [0.5, 0.6) is 0 Å². The summed E-state index contributed by atoms with van der Waals surface area (Å²) in [4.78, 5) is 11.8. The van der Waals surface area contributed by atoms with E-state index in [2.05, 4.69) is 15.5 Å². The number of anilines is 1. The number of carbonyl (C=O) groups excluding carboxylic acids is 1. The summed E-state index contributed by atoms with van der Waals surface area (Å²) in [5.74, 6) is -0.139. The molecule has 9 heteroatoms. The number of hydrogen-bond acceptors (Lipinski definition) is 5. The largest absolute Gasteiger partial charge is 0.395 e. The molecule has 1 heterocycles. The molecule has 1 aromatic heterocycles. The van der Waals surface area contributed by atoms with Gasteiger partial charge in [-0.3, -0.25) is 4.79 Å². The number of nitrogens with zero attached hydrogens (tertiary/aromatic N) is 2. The molecule has 2 atom stereocenters. The highest BCUT2D eigenvalue weighted by Gasteiger charge is 2.30. The maximum atomic E-state index is 12.2. The minimum atomic E-state index is -4.32. The van der Waals surface area contributed by atoms with Gasteiger partial charge in [-0.1, -0.05) is 17.8 Å². The van der Waals surface area contributed by atoms with Crippen LogP contribution in [0.25, 0.3) is 0 Å². The van der Waals surface area contributed by atoms with E-state index < -0.39 is 12.6 Å². The van der Waals surface area contributed by atoms with Crippen molar-refractivity contribution in [3.63, 3.8) is 0 Å². The van der Waals surface area contributed by atoms with E-state index in [1.165, 1.54) is 0 Å². The van der Waals surface area contributed by atoms with Gasteiger partial charge in [0, 0.05) is 12.5 Å². The lowest BCUT2D eigenvalue weighted by Crippen LogP contribution is -2.28. The maximum absolute atomic E-state index is 12.2. The number of nitrogens with two attached hydrogens (primary N) is 1. The van der Waals surface area contributed by atoms with Crippen LogP contribution < -0.4 is 11.1 Å². The van der Waals surface area contributed by atoms with E-state index in [-0.39, 0.29) is 34.4 Å². The first-order valence-electron chi connectivity index (χ1n) is 6.28. The smallest absolute Gasteiger partial charge is 0.327 e. The van der Waals surface area contributed by atoms with Gasteiger partial charge in [-0.25, -0.2) is 0 Å². The van der Waals surface area contributed by atoms with Crippen molar-refractivity contribution in [2.75, 3.05) is 5.32 Å². The van der Waals surface area contributed by atoms with Crippen molar-refractivity contribution >= 4 is 22.4 Å². The molecule has 0 saturated heterocycles. The number of nitrogens with one attached hydrogen (secondary N) is 1. The molecule has 3 N–H and O–H groups in total. The summed E-state index contributed by atoms with van der Waals surface area (Å²) in [7, 11) is 0. The van der Waals surface area contributed by atoms with Gasteiger partial charge in [0.25, 0.3) is 0 Å². The zero-order chi connectivity index (χ0) is 14.8. The maximum Gasteiger partial charge on any atom is 0.395 e. The Labute approximate surface area is 117 Å². The lowest BCUT2D eigenvalue weighted by molar-refractivity contribution is -0.127. The summed E-state index contributed by atoms with van der Waals surface area (Å²) in [5, 5.41) is 9.36. The van der Waals surface area contributed by atoms with Crippen LogP contribution in [-0.2, 0) is 11.2 Å². The summed E-state index contributed by atoms with van der Waals surface area (Å²) in [6.45, 7) is 0. The van der Waals surface area contributed by atoms with Gasteiger partial charge in [0.05, 0.1) is 6.42 Å². The lowest BCUT2D eigenvalue weighted by atomic mass is 10.00. The fourth-order valence-electron chi connectivity index (χ4n) is 2.27. The minimum absolute atomic E-state index is 0.0240. The SMILES string of the molecule is N[C@@H]1CCC[C@H]1CC(=O)Nc1nnc(CC(F)(F)F)s1. The van der Waals surface area contributed by atoms with Crippen molar-refractivity contribution in [1.29, 1.82) is 0 Å².